The molecule has 6 nitrogen and oxygen atoms in total. The summed E-state index contributed by atoms with van der Waals surface area (Å²) in [5.41, 5.74) is 3.91. The van der Waals surface area contributed by atoms with E-state index in [1.54, 1.807) is 26.0 Å². The van der Waals surface area contributed by atoms with Crippen LogP contribution in [-0.4, -0.2) is 28.8 Å². The van der Waals surface area contributed by atoms with E-state index in [1.165, 1.54) is 0 Å². The average Bonchev–Trinajstić information content (AvgIpc) is 3.04. The van der Waals surface area contributed by atoms with Crippen LogP contribution in [0, 0.1) is 6.92 Å². The molecule has 0 saturated carbocycles. The summed E-state index contributed by atoms with van der Waals surface area (Å²) in [6.07, 6.45) is 0.246. The molecule has 0 saturated heterocycles. The normalized spacial score (nSPS) is 10.6. The number of nitrogens with zero attached hydrogens (tertiary/aromatic N) is 1. The largest absolute Gasteiger partial charge is 0.477 e. The zero-order chi connectivity index (χ0) is 19.4. The van der Waals surface area contributed by atoms with E-state index in [-0.39, 0.29) is 23.7 Å². The summed E-state index contributed by atoms with van der Waals surface area (Å²) >= 11 is 0. The lowest BCUT2D eigenvalue weighted by Crippen LogP contribution is -2.07. The van der Waals surface area contributed by atoms with Crippen LogP contribution < -0.4 is 0 Å². The van der Waals surface area contributed by atoms with Gasteiger partial charge >= 0.3 is 11.9 Å². The molecule has 0 spiro atoms. The molecule has 1 heterocycles. The molecule has 0 bridgehead atoms. The molecule has 0 amide bonds. The molecular formula is C21H19NO5. The van der Waals surface area contributed by atoms with E-state index in [0.29, 0.717) is 17.9 Å². The minimum atomic E-state index is -1.06. The van der Waals surface area contributed by atoms with Crippen LogP contribution in [0.4, 0.5) is 0 Å². The monoisotopic (exact) mass is 365 g/mol. The highest BCUT2D eigenvalue weighted by molar-refractivity contribution is 5.95. The van der Waals surface area contributed by atoms with Crippen molar-refractivity contribution in [2.45, 2.75) is 20.3 Å². The molecule has 0 aliphatic rings. The van der Waals surface area contributed by atoms with Crippen molar-refractivity contribution in [3.8, 4) is 22.5 Å². The van der Waals surface area contributed by atoms with Crippen LogP contribution in [0.2, 0.25) is 0 Å². The molecule has 0 fully saturated rings. The lowest BCUT2D eigenvalue weighted by atomic mass is 10.00. The third kappa shape index (κ3) is 4.06. The van der Waals surface area contributed by atoms with Crippen LogP contribution in [0.15, 0.2) is 53.1 Å². The van der Waals surface area contributed by atoms with Gasteiger partial charge in [0, 0.05) is 5.56 Å². The minimum absolute atomic E-state index is 0.0751. The van der Waals surface area contributed by atoms with Crippen molar-refractivity contribution in [2.24, 2.45) is 0 Å². The standard InChI is InChI=1S/C21H19NO5/c1-3-26-18(23)12-14-4-6-15(7-5-14)16-8-10-17(11-9-16)20-19(21(24)25)13(2)22-27-20/h4-11H,3,12H2,1-2H3,(H,24,25). The molecule has 27 heavy (non-hydrogen) atoms. The third-order valence-corrected chi connectivity index (χ3v) is 4.16. The Kier molecular flexibility index (Phi) is 5.35. The summed E-state index contributed by atoms with van der Waals surface area (Å²) in [4.78, 5) is 22.9. The number of benzene rings is 2. The van der Waals surface area contributed by atoms with Crippen LogP contribution in [-0.2, 0) is 16.0 Å². The molecule has 0 aliphatic heterocycles. The zero-order valence-electron chi connectivity index (χ0n) is 15.1. The summed E-state index contributed by atoms with van der Waals surface area (Å²) in [6.45, 7) is 3.75. The van der Waals surface area contributed by atoms with Gasteiger partial charge in [-0.15, -0.1) is 0 Å². The van der Waals surface area contributed by atoms with Gasteiger partial charge in [0.1, 0.15) is 5.56 Å². The fourth-order valence-corrected chi connectivity index (χ4v) is 2.83. The van der Waals surface area contributed by atoms with Gasteiger partial charge in [-0.3, -0.25) is 4.79 Å². The molecule has 0 radical (unpaired) electrons. The Bertz CT molecular complexity index is 955. The van der Waals surface area contributed by atoms with Gasteiger partial charge in [-0.1, -0.05) is 53.7 Å². The second-order valence-corrected chi connectivity index (χ2v) is 6.03. The Hall–Kier alpha value is -3.41. The number of carboxylic acid groups (broad SMARTS) is 1. The van der Waals surface area contributed by atoms with Crippen LogP contribution >= 0.6 is 0 Å². The van der Waals surface area contributed by atoms with Gasteiger partial charge in [0.05, 0.1) is 18.7 Å². The topological polar surface area (TPSA) is 89.6 Å². The second-order valence-electron chi connectivity index (χ2n) is 6.03. The van der Waals surface area contributed by atoms with Crippen molar-refractivity contribution in [1.82, 2.24) is 5.16 Å². The second kappa shape index (κ2) is 7.86. The van der Waals surface area contributed by atoms with Crippen LogP contribution in [0.3, 0.4) is 0 Å². The fraction of sp³-hybridized carbons (Fsp3) is 0.190. The third-order valence-electron chi connectivity index (χ3n) is 4.16. The van der Waals surface area contributed by atoms with Crippen molar-refractivity contribution < 1.29 is 24.0 Å². The van der Waals surface area contributed by atoms with Gasteiger partial charge in [0.2, 0.25) is 0 Å². The Morgan fingerprint density at radius 2 is 1.56 bits per heavy atom. The number of aromatic nitrogens is 1. The number of rotatable bonds is 6. The lowest BCUT2D eigenvalue weighted by Gasteiger charge is -2.06. The number of hydrogen-bond donors (Lipinski definition) is 1. The number of esters is 1. The molecule has 0 unspecified atom stereocenters. The summed E-state index contributed by atoms with van der Waals surface area (Å²) in [5, 5.41) is 13.1. The van der Waals surface area contributed by atoms with Gasteiger partial charge < -0.3 is 14.4 Å². The van der Waals surface area contributed by atoms with Crippen LogP contribution in [0.5, 0.6) is 0 Å². The van der Waals surface area contributed by atoms with Crippen molar-refractivity contribution in [2.75, 3.05) is 6.61 Å². The number of aromatic carboxylic acids is 1. The van der Waals surface area contributed by atoms with Crippen molar-refractivity contribution >= 4 is 11.9 Å². The first kappa shape index (κ1) is 18.4. The molecular weight excluding hydrogens is 346 g/mol. The number of carbonyl (C=O) groups is 2. The fourth-order valence-electron chi connectivity index (χ4n) is 2.83. The van der Waals surface area contributed by atoms with E-state index in [2.05, 4.69) is 5.16 Å². The van der Waals surface area contributed by atoms with Crippen molar-refractivity contribution in [1.29, 1.82) is 0 Å². The Labute approximate surface area is 156 Å². The highest BCUT2D eigenvalue weighted by Gasteiger charge is 2.21. The number of carbonyl (C=O) groups excluding carboxylic acids is 1. The maximum atomic E-state index is 11.5. The number of hydrogen-bond acceptors (Lipinski definition) is 5. The zero-order valence-corrected chi connectivity index (χ0v) is 15.1. The summed E-state index contributed by atoms with van der Waals surface area (Å²) < 4.78 is 10.1. The van der Waals surface area contributed by atoms with E-state index in [1.807, 2.05) is 36.4 Å². The minimum Gasteiger partial charge on any atom is -0.477 e. The van der Waals surface area contributed by atoms with E-state index in [9.17, 15) is 14.7 Å². The van der Waals surface area contributed by atoms with Gasteiger partial charge in [-0.25, -0.2) is 4.79 Å². The van der Waals surface area contributed by atoms with Gasteiger partial charge in [-0.05, 0) is 30.5 Å². The highest BCUT2D eigenvalue weighted by Crippen LogP contribution is 2.29. The summed E-state index contributed by atoms with van der Waals surface area (Å²) in [5.74, 6) is -1.06. The predicted octanol–water partition coefficient (Wildman–Crippen LogP) is 4.12. The van der Waals surface area contributed by atoms with Gasteiger partial charge in [-0.2, -0.15) is 0 Å². The molecule has 0 atom stereocenters. The van der Waals surface area contributed by atoms with Crippen LogP contribution in [0.25, 0.3) is 22.5 Å². The number of carboxylic acids is 1. The van der Waals surface area contributed by atoms with E-state index in [4.69, 9.17) is 9.26 Å². The van der Waals surface area contributed by atoms with Crippen molar-refractivity contribution in [3.05, 3.63) is 65.4 Å². The summed E-state index contributed by atoms with van der Waals surface area (Å²) in [6, 6.07) is 15.0. The quantitative estimate of drug-likeness (QED) is 0.661. The van der Waals surface area contributed by atoms with E-state index < -0.39 is 5.97 Å². The maximum absolute atomic E-state index is 11.5. The molecule has 3 rings (SSSR count). The molecule has 6 heteroatoms. The number of aryl methyl sites for hydroxylation is 1. The van der Waals surface area contributed by atoms with E-state index >= 15 is 0 Å². The van der Waals surface area contributed by atoms with Crippen LogP contribution in [0.1, 0.15) is 28.5 Å². The molecule has 2 aromatic carbocycles. The Balaban J connectivity index is 1.80. The molecule has 3 aromatic rings. The Morgan fingerprint density at radius 3 is 2.11 bits per heavy atom. The number of ether oxygens (including phenoxy) is 1. The molecule has 1 aromatic heterocycles. The first-order valence-corrected chi connectivity index (χ1v) is 8.54. The Morgan fingerprint density at radius 1 is 1.00 bits per heavy atom. The average molecular weight is 365 g/mol. The smallest absolute Gasteiger partial charge is 0.341 e. The van der Waals surface area contributed by atoms with E-state index in [0.717, 1.165) is 16.7 Å². The molecule has 0 aliphatic carbocycles. The summed E-state index contributed by atoms with van der Waals surface area (Å²) in [7, 11) is 0. The SMILES string of the molecule is CCOC(=O)Cc1ccc(-c2ccc(-c3onc(C)c3C(=O)O)cc2)cc1. The molecule has 138 valence electrons. The van der Waals surface area contributed by atoms with Crippen molar-refractivity contribution in [3.63, 3.8) is 0 Å². The van der Waals surface area contributed by atoms with Gasteiger partial charge in [0.25, 0.3) is 0 Å². The highest BCUT2D eigenvalue weighted by atomic mass is 16.5. The van der Waals surface area contributed by atoms with Gasteiger partial charge in [0.15, 0.2) is 5.76 Å². The maximum Gasteiger partial charge on any atom is 0.341 e. The first-order chi connectivity index (χ1) is 13.0. The molecule has 1 N–H and O–H groups in total. The lowest BCUT2D eigenvalue weighted by molar-refractivity contribution is -0.142. The first-order valence-electron chi connectivity index (χ1n) is 8.54. The predicted molar refractivity (Wildman–Crippen MR) is 99.4 cm³/mol.